The molecule has 1 aromatic heterocycles. The highest BCUT2D eigenvalue weighted by Crippen LogP contribution is 2.25. The molecule has 0 spiro atoms. The zero-order valence-corrected chi connectivity index (χ0v) is 11.6. The van der Waals surface area contributed by atoms with Crippen LogP contribution in [0.3, 0.4) is 0 Å². The number of carbonyl (C=O) groups excluding carboxylic acids is 1. The Balaban J connectivity index is 0.00000242. The van der Waals surface area contributed by atoms with Crippen molar-refractivity contribution in [2.75, 3.05) is 0 Å². The van der Waals surface area contributed by atoms with Gasteiger partial charge in [0.05, 0.1) is 5.52 Å². The van der Waals surface area contributed by atoms with E-state index in [1.165, 1.54) is 28.8 Å². The SMILES string of the molecule is Cn1c(C(=O)N=C(N)N)cc2ccc(OS(=O)(=O)[O-])cc21.[H+]. The van der Waals surface area contributed by atoms with Crippen LogP contribution in [0.1, 0.15) is 11.9 Å². The van der Waals surface area contributed by atoms with Gasteiger partial charge in [-0.3, -0.25) is 4.79 Å². The molecule has 9 nitrogen and oxygen atoms in total. The van der Waals surface area contributed by atoms with Crippen LogP contribution in [0, 0.1) is 0 Å². The van der Waals surface area contributed by atoms with E-state index in [0.29, 0.717) is 10.9 Å². The maximum absolute atomic E-state index is 11.8. The van der Waals surface area contributed by atoms with Crippen molar-refractivity contribution in [3.8, 4) is 5.75 Å². The minimum absolute atomic E-state index is 0. The number of aliphatic imine (C=N–C) groups is 1. The summed E-state index contributed by atoms with van der Waals surface area (Å²) in [5.74, 6) is -1.17. The lowest BCUT2D eigenvalue weighted by atomic mass is 10.2. The molecule has 1 amide bonds. The summed E-state index contributed by atoms with van der Waals surface area (Å²) in [4.78, 5) is 15.2. The van der Waals surface area contributed by atoms with E-state index in [1.807, 2.05) is 0 Å². The first-order valence-corrected chi connectivity index (χ1v) is 6.89. The van der Waals surface area contributed by atoms with E-state index in [0.717, 1.165) is 0 Å². The first kappa shape index (κ1) is 14.8. The van der Waals surface area contributed by atoms with Crippen LogP contribution in [0.5, 0.6) is 5.75 Å². The van der Waals surface area contributed by atoms with Crippen molar-refractivity contribution in [3.05, 3.63) is 30.0 Å². The summed E-state index contributed by atoms with van der Waals surface area (Å²) in [5.41, 5.74) is 11.0. The number of benzene rings is 1. The van der Waals surface area contributed by atoms with Gasteiger partial charge in [0.1, 0.15) is 11.4 Å². The lowest BCUT2D eigenvalue weighted by Crippen LogP contribution is -2.24. The molecule has 2 aromatic rings. The molecular weight excluding hydrogens is 300 g/mol. The molecule has 0 saturated heterocycles. The molecule has 2 rings (SSSR count). The number of aryl methyl sites for hydroxylation is 1. The molecule has 0 bridgehead atoms. The lowest BCUT2D eigenvalue weighted by molar-refractivity contribution is 0.0995. The Bertz CT molecular complexity index is 855. The van der Waals surface area contributed by atoms with Gasteiger partial charge in [0.25, 0.3) is 16.3 Å². The van der Waals surface area contributed by atoms with Gasteiger partial charge >= 0.3 is 1.43 Å². The third-order valence-electron chi connectivity index (χ3n) is 2.66. The van der Waals surface area contributed by atoms with Crippen LogP contribution in [0.25, 0.3) is 10.9 Å². The highest BCUT2D eigenvalue weighted by atomic mass is 32.3. The molecule has 0 saturated carbocycles. The van der Waals surface area contributed by atoms with E-state index in [4.69, 9.17) is 11.5 Å². The van der Waals surface area contributed by atoms with Crippen molar-refractivity contribution in [1.29, 1.82) is 0 Å². The van der Waals surface area contributed by atoms with Crippen LogP contribution in [-0.4, -0.2) is 29.4 Å². The van der Waals surface area contributed by atoms with Gasteiger partial charge in [-0.05, 0) is 18.2 Å². The number of aromatic nitrogens is 1. The normalized spacial score (nSPS) is 11.3. The highest BCUT2D eigenvalue weighted by Gasteiger charge is 2.14. The van der Waals surface area contributed by atoms with Crippen LogP contribution in [-0.2, 0) is 17.4 Å². The van der Waals surface area contributed by atoms with Gasteiger partial charge in [-0.2, -0.15) is 4.99 Å². The van der Waals surface area contributed by atoms with Crippen molar-refractivity contribution in [2.24, 2.45) is 23.5 Å². The molecule has 0 aliphatic heterocycles. The number of amides is 1. The van der Waals surface area contributed by atoms with E-state index in [-0.39, 0.29) is 18.8 Å². The maximum atomic E-state index is 11.8. The molecule has 1 aromatic carbocycles. The smallest absolute Gasteiger partial charge is 0.716 e. The van der Waals surface area contributed by atoms with Gasteiger partial charge in [0.15, 0.2) is 5.96 Å². The van der Waals surface area contributed by atoms with E-state index in [2.05, 4.69) is 9.18 Å². The zero-order valence-electron chi connectivity index (χ0n) is 11.8. The molecule has 1 heterocycles. The summed E-state index contributed by atoms with van der Waals surface area (Å²) in [6.45, 7) is 0. The molecule has 0 aliphatic carbocycles. The van der Waals surface area contributed by atoms with Crippen molar-refractivity contribution < 1.29 is 23.4 Å². The van der Waals surface area contributed by atoms with Crippen LogP contribution in [0.15, 0.2) is 29.3 Å². The van der Waals surface area contributed by atoms with Crippen LogP contribution in [0.2, 0.25) is 0 Å². The van der Waals surface area contributed by atoms with Crippen LogP contribution < -0.4 is 15.7 Å². The van der Waals surface area contributed by atoms with Crippen molar-refractivity contribution >= 4 is 33.2 Å². The fourth-order valence-electron chi connectivity index (χ4n) is 1.86. The van der Waals surface area contributed by atoms with Crippen molar-refractivity contribution in [3.63, 3.8) is 0 Å². The molecule has 0 atom stereocenters. The third kappa shape index (κ3) is 3.30. The Labute approximate surface area is 121 Å². The van der Waals surface area contributed by atoms with Crippen LogP contribution >= 0.6 is 0 Å². The third-order valence-corrected chi connectivity index (χ3v) is 3.06. The largest absolute Gasteiger partial charge is 1.00 e. The Kier molecular flexibility index (Phi) is 3.58. The predicted octanol–water partition coefficient (Wildman–Crippen LogP) is -0.457. The van der Waals surface area contributed by atoms with Gasteiger partial charge < -0.3 is 24.8 Å². The Morgan fingerprint density at radius 3 is 2.62 bits per heavy atom. The number of guanidine groups is 1. The fraction of sp³-hybridized carbons (Fsp3) is 0.0909. The minimum atomic E-state index is -4.87. The van der Waals surface area contributed by atoms with Gasteiger partial charge in [-0.15, -0.1) is 0 Å². The number of nitrogens with zero attached hydrogens (tertiary/aromatic N) is 2. The average molecular weight is 312 g/mol. The second-order valence-electron chi connectivity index (χ2n) is 4.14. The molecule has 112 valence electrons. The Morgan fingerprint density at radius 2 is 2.05 bits per heavy atom. The standard InChI is InChI=1S/C11H12N4O5S/c1-15-8-5-7(20-21(17,18)19)3-2-6(8)4-9(15)10(16)14-11(12)13/h2-5H,1H3,(H,17,18,19)(H4,12,13,14,16). The number of rotatable bonds is 3. The van der Waals surface area contributed by atoms with E-state index >= 15 is 0 Å². The summed E-state index contributed by atoms with van der Waals surface area (Å²) in [6, 6.07) is 5.64. The maximum Gasteiger partial charge on any atom is 1.00 e. The molecule has 21 heavy (non-hydrogen) atoms. The first-order valence-electron chi connectivity index (χ1n) is 5.56. The summed E-state index contributed by atoms with van der Waals surface area (Å²) < 4.78 is 37.4. The second kappa shape index (κ2) is 5.07. The minimum Gasteiger partial charge on any atom is -0.716 e. The Morgan fingerprint density at radius 1 is 1.38 bits per heavy atom. The monoisotopic (exact) mass is 312 g/mol. The number of hydrogen-bond acceptors (Lipinski definition) is 5. The lowest BCUT2D eigenvalue weighted by Gasteiger charge is -2.09. The summed E-state index contributed by atoms with van der Waals surface area (Å²) in [7, 11) is -3.30. The highest BCUT2D eigenvalue weighted by molar-refractivity contribution is 7.81. The van der Waals surface area contributed by atoms with Gasteiger partial charge in [-0.1, -0.05) is 0 Å². The molecule has 0 unspecified atom stereocenters. The van der Waals surface area contributed by atoms with E-state index in [9.17, 15) is 17.8 Å². The molecule has 0 fully saturated rings. The topological polar surface area (TPSA) is 153 Å². The molecule has 0 radical (unpaired) electrons. The van der Waals surface area contributed by atoms with Crippen molar-refractivity contribution in [1.82, 2.24) is 4.57 Å². The predicted molar refractivity (Wildman–Crippen MR) is 74.5 cm³/mol. The number of hydrogen-bond donors (Lipinski definition) is 2. The molecule has 4 N–H and O–H groups in total. The molecule has 10 heteroatoms. The molecular formula is C11H12N4O5S. The summed E-state index contributed by atoms with van der Waals surface area (Å²) in [6.07, 6.45) is 0. The number of carbonyl (C=O) groups is 1. The second-order valence-corrected chi connectivity index (χ2v) is 5.13. The molecule has 0 aliphatic rings. The summed E-state index contributed by atoms with van der Waals surface area (Å²) >= 11 is 0. The van der Waals surface area contributed by atoms with Gasteiger partial charge in [0, 0.05) is 18.5 Å². The zero-order chi connectivity index (χ0) is 15.8. The summed E-state index contributed by atoms with van der Waals surface area (Å²) in [5, 5.41) is 0.627. The van der Waals surface area contributed by atoms with E-state index in [1.54, 1.807) is 7.05 Å². The average Bonchev–Trinajstić information content (AvgIpc) is 2.64. The van der Waals surface area contributed by atoms with E-state index < -0.39 is 16.3 Å². The van der Waals surface area contributed by atoms with Gasteiger partial charge in [0.2, 0.25) is 0 Å². The number of nitrogens with two attached hydrogens (primary N) is 2. The van der Waals surface area contributed by atoms with Crippen molar-refractivity contribution in [2.45, 2.75) is 0 Å². The first-order chi connectivity index (χ1) is 9.67. The van der Waals surface area contributed by atoms with Crippen LogP contribution in [0.4, 0.5) is 0 Å². The Hall–Kier alpha value is -2.59. The van der Waals surface area contributed by atoms with Gasteiger partial charge in [-0.25, -0.2) is 8.42 Å². The fourth-order valence-corrected chi connectivity index (χ4v) is 2.20. The quantitative estimate of drug-likeness (QED) is 0.336. The number of fused-ring (bicyclic) bond motifs is 1.